The Kier molecular flexibility index (Phi) is 5.99. The highest BCUT2D eigenvalue weighted by molar-refractivity contribution is 7.99. The molecule has 1 unspecified atom stereocenters. The first-order valence-corrected chi connectivity index (χ1v) is 9.35. The number of anilines is 1. The monoisotopic (exact) mass is 359 g/mol. The molecule has 1 atom stereocenters. The summed E-state index contributed by atoms with van der Waals surface area (Å²) in [5.74, 6) is 0.476. The smallest absolute Gasteiger partial charge is 0.320 e. The van der Waals surface area contributed by atoms with Crippen LogP contribution in [0.3, 0.4) is 0 Å². The summed E-state index contributed by atoms with van der Waals surface area (Å²) in [5, 5.41) is 5.70. The predicted octanol–water partition coefficient (Wildman–Crippen LogP) is -0.261. The summed E-state index contributed by atoms with van der Waals surface area (Å²) in [6, 6.07) is 5.52. The minimum absolute atomic E-state index is 0.0482. The molecule has 1 amide bonds. The minimum Gasteiger partial charge on any atom is -0.468 e. The van der Waals surface area contributed by atoms with E-state index in [-0.39, 0.29) is 16.8 Å². The molecular weight excluding hydrogens is 342 g/mol. The van der Waals surface area contributed by atoms with Crippen LogP contribution in [0.25, 0.3) is 0 Å². The Morgan fingerprint density at radius 3 is 2.87 bits per heavy atom. The van der Waals surface area contributed by atoms with Crippen molar-refractivity contribution in [2.75, 3.05) is 30.6 Å². The van der Waals surface area contributed by atoms with E-state index in [1.807, 2.05) is 0 Å². The molecule has 3 N–H and O–H groups in total. The number of esters is 1. The molecule has 0 aliphatic carbocycles. The number of carbonyl (C=O) groups excluding carboxylic acids is 2. The van der Waals surface area contributed by atoms with Gasteiger partial charge in [0.2, 0.25) is 15.9 Å². The lowest BCUT2D eigenvalue weighted by Gasteiger charge is -2.12. The highest BCUT2D eigenvalue weighted by Crippen LogP contribution is 2.17. The molecule has 1 aromatic rings. The van der Waals surface area contributed by atoms with Gasteiger partial charge in [0.05, 0.1) is 18.0 Å². The summed E-state index contributed by atoms with van der Waals surface area (Å²) in [6.07, 6.45) is 0. The molecule has 1 aliphatic heterocycles. The van der Waals surface area contributed by atoms with Crippen molar-refractivity contribution in [2.24, 2.45) is 0 Å². The third-order valence-electron chi connectivity index (χ3n) is 3.08. The van der Waals surface area contributed by atoms with Gasteiger partial charge < -0.3 is 10.1 Å². The van der Waals surface area contributed by atoms with Crippen LogP contribution >= 0.6 is 11.8 Å². The lowest BCUT2D eigenvalue weighted by Crippen LogP contribution is -2.37. The average molecular weight is 359 g/mol. The molecule has 1 saturated heterocycles. The van der Waals surface area contributed by atoms with E-state index < -0.39 is 22.5 Å². The van der Waals surface area contributed by atoms with Gasteiger partial charge in [0.1, 0.15) is 6.54 Å². The summed E-state index contributed by atoms with van der Waals surface area (Å²) in [4.78, 5) is 23.0. The molecule has 0 radical (unpaired) electrons. The largest absolute Gasteiger partial charge is 0.468 e. The van der Waals surface area contributed by atoms with Gasteiger partial charge in [-0.1, -0.05) is 6.07 Å². The van der Waals surface area contributed by atoms with Crippen LogP contribution in [0, 0.1) is 0 Å². The van der Waals surface area contributed by atoms with Crippen LogP contribution in [0.4, 0.5) is 5.69 Å². The van der Waals surface area contributed by atoms with Crippen molar-refractivity contribution >= 4 is 39.3 Å². The second kappa shape index (κ2) is 7.77. The fraction of sp³-hybridized carbons (Fsp3) is 0.385. The Labute approximate surface area is 138 Å². The molecule has 10 heteroatoms. The first-order valence-electron chi connectivity index (χ1n) is 6.71. The number of hydrogen-bond acceptors (Lipinski definition) is 7. The van der Waals surface area contributed by atoms with Gasteiger partial charge >= 0.3 is 5.97 Å². The zero-order valence-corrected chi connectivity index (χ0v) is 14.0. The van der Waals surface area contributed by atoms with E-state index in [1.54, 1.807) is 17.8 Å². The van der Waals surface area contributed by atoms with Crippen LogP contribution in [-0.2, 0) is 24.3 Å². The van der Waals surface area contributed by atoms with E-state index in [0.717, 1.165) is 0 Å². The third-order valence-corrected chi connectivity index (χ3v) is 5.42. The standard InChI is InChI=1S/C13H17N3O5S2/c1-21-12(17)6-15-23(19,20)10-4-2-3-9(5-10)16-13(18)11-7-22-8-14-11/h2-5,11,14-15H,6-8H2,1H3,(H,16,18). The van der Waals surface area contributed by atoms with Crippen molar-refractivity contribution in [2.45, 2.75) is 10.9 Å². The Hall–Kier alpha value is -1.62. The average Bonchev–Trinajstić information content (AvgIpc) is 3.07. The molecule has 1 heterocycles. The molecule has 0 aromatic heterocycles. The van der Waals surface area contributed by atoms with E-state index in [9.17, 15) is 18.0 Å². The summed E-state index contributed by atoms with van der Waals surface area (Å²) in [5.41, 5.74) is 0.370. The van der Waals surface area contributed by atoms with Crippen LogP contribution in [-0.4, -0.2) is 51.6 Å². The number of thioether (sulfide) groups is 1. The van der Waals surface area contributed by atoms with Gasteiger partial charge in [-0.25, -0.2) is 8.42 Å². The van der Waals surface area contributed by atoms with Gasteiger partial charge in [-0.3, -0.25) is 14.9 Å². The highest BCUT2D eigenvalue weighted by atomic mass is 32.2. The van der Waals surface area contributed by atoms with E-state index in [0.29, 0.717) is 17.3 Å². The highest BCUT2D eigenvalue weighted by Gasteiger charge is 2.23. The fourth-order valence-electron chi connectivity index (χ4n) is 1.84. The van der Waals surface area contributed by atoms with Crippen molar-refractivity contribution in [1.82, 2.24) is 10.0 Å². The number of rotatable bonds is 6. The van der Waals surface area contributed by atoms with Gasteiger partial charge in [-0.15, -0.1) is 11.8 Å². The number of hydrogen-bond donors (Lipinski definition) is 3. The summed E-state index contributed by atoms with van der Waals surface area (Å²) < 4.78 is 30.7. The topological polar surface area (TPSA) is 114 Å². The van der Waals surface area contributed by atoms with Crippen LogP contribution in [0.15, 0.2) is 29.2 Å². The van der Waals surface area contributed by atoms with E-state index >= 15 is 0 Å². The number of benzene rings is 1. The quantitative estimate of drug-likeness (QED) is 0.600. The number of ether oxygens (including phenoxy) is 1. The van der Waals surface area contributed by atoms with Crippen LogP contribution in [0.1, 0.15) is 0 Å². The predicted molar refractivity (Wildman–Crippen MR) is 86.5 cm³/mol. The molecule has 8 nitrogen and oxygen atoms in total. The van der Waals surface area contributed by atoms with Gasteiger partial charge in [-0.2, -0.15) is 4.72 Å². The van der Waals surface area contributed by atoms with E-state index in [1.165, 1.54) is 25.3 Å². The van der Waals surface area contributed by atoms with Crippen LogP contribution in [0.2, 0.25) is 0 Å². The molecule has 23 heavy (non-hydrogen) atoms. The number of methoxy groups -OCH3 is 1. The lowest BCUT2D eigenvalue weighted by atomic mass is 10.2. The van der Waals surface area contributed by atoms with Gasteiger partial charge in [-0.05, 0) is 18.2 Å². The SMILES string of the molecule is COC(=O)CNS(=O)(=O)c1cccc(NC(=O)C2CSCN2)c1. The summed E-state index contributed by atoms with van der Waals surface area (Å²) >= 11 is 1.62. The Balaban J connectivity index is 2.06. The molecule has 0 spiro atoms. The molecule has 126 valence electrons. The van der Waals surface area contributed by atoms with Crippen LogP contribution in [0.5, 0.6) is 0 Å². The Morgan fingerprint density at radius 1 is 1.43 bits per heavy atom. The van der Waals surface area contributed by atoms with Crippen LogP contribution < -0.4 is 15.4 Å². The first kappa shape index (κ1) is 17.7. The maximum absolute atomic E-state index is 12.1. The van der Waals surface area contributed by atoms with E-state index in [2.05, 4.69) is 20.1 Å². The summed E-state index contributed by atoms with van der Waals surface area (Å²) in [7, 11) is -2.70. The van der Waals surface area contributed by atoms with Gasteiger partial charge in [0, 0.05) is 17.3 Å². The molecule has 1 aliphatic rings. The van der Waals surface area contributed by atoms with Crippen molar-refractivity contribution in [3.05, 3.63) is 24.3 Å². The zero-order valence-electron chi connectivity index (χ0n) is 12.4. The molecule has 2 rings (SSSR count). The second-order valence-corrected chi connectivity index (χ2v) is 7.49. The fourth-order valence-corrected chi connectivity index (χ4v) is 3.80. The molecular formula is C13H17N3O5S2. The number of nitrogens with one attached hydrogen (secondary N) is 3. The minimum atomic E-state index is -3.86. The molecule has 1 aromatic carbocycles. The maximum Gasteiger partial charge on any atom is 0.320 e. The van der Waals surface area contributed by atoms with Crippen molar-refractivity contribution in [3.8, 4) is 0 Å². The second-order valence-electron chi connectivity index (χ2n) is 4.69. The number of carbonyl (C=O) groups is 2. The lowest BCUT2D eigenvalue weighted by molar-refractivity contribution is -0.139. The zero-order chi connectivity index (χ0) is 16.9. The van der Waals surface area contributed by atoms with Gasteiger partial charge in [0.25, 0.3) is 0 Å². The summed E-state index contributed by atoms with van der Waals surface area (Å²) in [6.45, 7) is -0.460. The molecule has 0 bridgehead atoms. The Morgan fingerprint density at radius 2 is 2.22 bits per heavy atom. The normalized spacial score (nSPS) is 17.7. The first-order chi connectivity index (χ1) is 10.9. The van der Waals surface area contributed by atoms with Crippen molar-refractivity contribution in [1.29, 1.82) is 0 Å². The number of sulfonamides is 1. The van der Waals surface area contributed by atoms with Crippen molar-refractivity contribution in [3.63, 3.8) is 0 Å². The number of amides is 1. The van der Waals surface area contributed by atoms with Crippen molar-refractivity contribution < 1.29 is 22.7 Å². The van der Waals surface area contributed by atoms with Gasteiger partial charge in [0.15, 0.2) is 0 Å². The maximum atomic E-state index is 12.1. The molecule has 1 fully saturated rings. The third kappa shape index (κ3) is 4.93. The van der Waals surface area contributed by atoms with E-state index in [4.69, 9.17) is 0 Å². The molecule has 0 saturated carbocycles. The Bertz CT molecular complexity index is 687.